The number of ketones is 1. The Bertz CT molecular complexity index is 358. The molecule has 1 aliphatic heterocycles. The minimum Gasteiger partial charge on any atom is -0.314 e. The Balaban J connectivity index is 1.79. The molecule has 1 saturated heterocycles. The maximum absolute atomic E-state index is 11.8. The summed E-state index contributed by atoms with van der Waals surface area (Å²) in [6, 6.07) is 4.15. The Labute approximate surface area is 105 Å². The van der Waals surface area contributed by atoms with E-state index < -0.39 is 0 Å². The summed E-state index contributed by atoms with van der Waals surface area (Å²) in [6.45, 7) is 1.10. The lowest BCUT2D eigenvalue weighted by molar-refractivity contribution is 0.0978. The Kier molecular flexibility index (Phi) is 4.38. The third-order valence-corrected chi connectivity index (χ3v) is 4.25. The Morgan fingerprint density at radius 2 is 2.38 bits per heavy atom. The van der Waals surface area contributed by atoms with Crippen LogP contribution in [0, 0.1) is 0 Å². The highest BCUT2D eigenvalue weighted by Crippen LogP contribution is 2.23. The zero-order valence-electron chi connectivity index (χ0n) is 9.17. The first-order valence-electron chi connectivity index (χ1n) is 5.77. The predicted octanol–water partition coefficient (Wildman–Crippen LogP) is 3.51. The highest BCUT2D eigenvalue weighted by molar-refractivity contribution is 7.18. The SMILES string of the molecule is O=C(CCC1CCCCN1)c1ccc(Cl)s1. The molecular formula is C12H16ClNOS. The van der Waals surface area contributed by atoms with E-state index in [0.29, 0.717) is 16.8 Å². The van der Waals surface area contributed by atoms with Crippen molar-refractivity contribution in [1.29, 1.82) is 0 Å². The van der Waals surface area contributed by atoms with Gasteiger partial charge >= 0.3 is 0 Å². The molecule has 1 aliphatic rings. The van der Waals surface area contributed by atoms with E-state index in [1.54, 1.807) is 6.07 Å². The molecular weight excluding hydrogens is 242 g/mol. The molecule has 0 spiro atoms. The number of rotatable bonds is 4. The molecule has 2 heterocycles. The van der Waals surface area contributed by atoms with Crippen molar-refractivity contribution >= 4 is 28.7 Å². The van der Waals surface area contributed by atoms with Crippen LogP contribution in [0.25, 0.3) is 0 Å². The number of hydrogen-bond donors (Lipinski definition) is 1. The molecule has 16 heavy (non-hydrogen) atoms. The molecule has 1 N–H and O–H groups in total. The van der Waals surface area contributed by atoms with Gasteiger partial charge in [0.2, 0.25) is 0 Å². The average molecular weight is 258 g/mol. The lowest BCUT2D eigenvalue weighted by Crippen LogP contribution is -2.34. The number of nitrogens with one attached hydrogen (secondary N) is 1. The molecule has 0 aliphatic carbocycles. The molecule has 0 bridgehead atoms. The Morgan fingerprint density at radius 3 is 3.00 bits per heavy atom. The van der Waals surface area contributed by atoms with Gasteiger partial charge in [-0.3, -0.25) is 4.79 Å². The van der Waals surface area contributed by atoms with Crippen LogP contribution in [0.5, 0.6) is 0 Å². The second kappa shape index (κ2) is 5.80. The molecule has 0 saturated carbocycles. The molecule has 1 fully saturated rings. The first-order valence-corrected chi connectivity index (χ1v) is 6.97. The van der Waals surface area contributed by atoms with Gasteiger partial charge in [0.15, 0.2) is 5.78 Å². The van der Waals surface area contributed by atoms with Crippen LogP contribution in [0.15, 0.2) is 12.1 Å². The van der Waals surface area contributed by atoms with Crippen LogP contribution < -0.4 is 5.32 Å². The number of halogens is 1. The summed E-state index contributed by atoms with van der Waals surface area (Å²) in [5, 5.41) is 3.46. The smallest absolute Gasteiger partial charge is 0.172 e. The van der Waals surface area contributed by atoms with Gasteiger partial charge in [0.1, 0.15) is 0 Å². The van der Waals surface area contributed by atoms with Gasteiger partial charge in [-0.05, 0) is 37.9 Å². The third kappa shape index (κ3) is 3.30. The van der Waals surface area contributed by atoms with E-state index in [4.69, 9.17) is 11.6 Å². The fraction of sp³-hybridized carbons (Fsp3) is 0.583. The van der Waals surface area contributed by atoms with Crippen molar-refractivity contribution in [1.82, 2.24) is 5.32 Å². The van der Waals surface area contributed by atoms with Gasteiger partial charge in [-0.25, -0.2) is 0 Å². The average Bonchev–Trinajstić information content (AvgIpc) is 2.74. The summed E-state index contributed by atoms with van der Waals surface area (Å²) < 4.78 is 0.694. The number of hydrogen-bond acceptors (Lipinski definition) is 3. The lowest BCUT2D eigenvalue weighted by Gasteiger charge is -2.22. The maximum atomic E-state index is 11.8. The largest absolute Gasteiger partial charge is 0.314 e. The fourth-order valence-corrected chi connectivity index (χ4v) is 3.07. The van der Waals surface area contributed by atoms with E-state index in [9.17, 15) is 4.79 Å². The maximum Gasteiger partial charge on any atom is 0.172 e. The molecule has 0 aromatic carbocycles. The molecule has 1 atom stereocenters. The first-order chi connectivity index (χ1) is 7.75. The van der Waals surface area contributed by atoms with Crippen LogP contribution in [-0.2, 0) is 0 Å². The Hall–Kier alpha value is -0.380. The van der Waals surface area contributed by atoms with E-state index >= 15 is 0 Å². The van der Waals surface area contributed by atoms with E-state index in [1.165, 1.54) is 30.6 Å². The monoisotopic (exact) mass is 257 g/mol. The van der Waals surface area contributed by atoms with Crippen molar-refractivity contribution < 1.29 is 4.79 Å². The van der Waals surface area contributed by atoms with Gasteiger partial charge in [-0.2, -0.15) is 0 Å². The molecule has 4 heteroatoms. The van der Waals surface area contributed by atoms with Gasteiger partial charge in [-0.1, -0.05) is 18.0 Å². The standard InChI is InChI=1S/C12H16ClNOS/c13-12-7-6-11(16-12)10(15)5-4-9-3-1-2-8-14-9/h6-7,9,14H,1-5,8H2. The summed E-state index contributed by atoms with van der Waals surface area (Å²) in [5.41, 5.74) is 0. The molecule has 1 unspecified atom stereocenters. The Morgan fingerprint density at radius 1 is 1.50 bits per heavy atom. The highest BCUT2D eigenvalue weighted by atomic mass is 35.5. The topological polar surface area (TPSA) is 29.1 Å². The first kappa shape index (κ1) is 12.1. The quantitative estimate of drug-likeness (QED) is 0.837. The van der Waals surface area contributed by atoms with Gasteiger partial charge in [-0.15, -0.1) is 11.3 Å². The van der Waals surface area contributed by atoms with Crippen LogP contribution in [0.3, 0.4) is 0 Å². The van der Waals surface area contributed by atoms with Crippen LogP contribution in [-0.4, -0.2) is 18.4 Å². The molecule has 1 aromatic rings. The summed E-state index contributed by atoms with van der Waals surface area (Å²) in [4.78, 5) is 12.6. The van der Waals surface area contributed by atoms with Gasteiger partial charge in [0, 0.05) is 12.5 Å². The van der Waals surface area contributed by atoms with Crippen LogP contribution >= 0.6 is 22.9 Å². The van der Waals surface area contributed by atoms with Gasteiger partial charge in [0.05, 0.1) is 9.21 Å². The normalized spacial score (nSPS) is 20.9. The minimum atomic E-state index is 0.226. The number of piperidine rings is 1. The van der Waals surface area contributed by atoms with Gasteiger partial charge in [0.25, 0.3) is 0 Å². The van der Waals surface area contributed by atoms with Crippen molar-refractivity contribution in [3.05, 3.63) is 21.3 Å². The summed E-state index contributed by atoms with van der Waals surface area (Å²) in [7, 11) is 0. The van der Waals surface area contributed by atoms with Crippen molar-refractivity contribution in [2.45, 2.75) is 38.1 Å². The minimum absolute atomic E-state index is 0.226. The molecule has 0 amide bonds. The third-order valence-electron chi connectivity index (χ3n) is 2.98. The zero-order chi connectivity index (χ0) is 11.4. The zero-order valence-corrected chi connectivity index (χ0v) is 10.7. The highest BCUT2D eigenvalue weighted by Gasteiger charge is 2.15. The summed E-state index contributed by atoms with van der Waals surface area (Å²) >= 11 is 7.19. The molecule has 1 aromatic heterocycles. The second-order valence-electron chi connectivity index (χ2n) is 4.21. The number of Topliss-reactive ketones (excluding diaryl/α,β-unsaturated/α-hetero) is 1. The number of thiophene rings is 1. The van der Waals surface area contributed by atoms with Crippen molar-refractivity contribution in [2.75, 3.05) is 6.54 Å². The van der Waals surface area contributed by atoms with Crippen LogP contribution in [0.1, 0.15) is 41.8 Å². The van der Waals surface area contributed by atoms with E-state index in [-0.39, 0.29) is 5.78 Å². The van der Waals surface area contributed by atoms with Crippen LogP contribution in [0.2, 0.25) is 4.34 Å². The van der Waals surface area contributed by atoms with E-state index in [2.05, 4.69) is 5.32 Å². The second-order valence-corrected chi connectivity index (χ2v) is 5.93. The van der Waals surface area contributed by atoms with E-state index in [1.807, 2.05) is 6.07 Å². The summed E-state index contributed by atoms with van der Waals surface area (Å²) in [5.74, 6) is 0.226. The lowest BCUT2D eigenvalue weighted by atomic mass is 9.99. The van der Waals surface area contributed by atoms with E-state index in [0.717, 1.165) is 17.8 Å². The molecule has 2 nitrogen and oxygen atoms in total. The number of carbonyl (C=O) groups is 1. The molecule has 88 valence electrons. The predicted molar refractivity (Wildman–Crippen MR) is 68.5 cm³/mol. The molecule has 0 radical (unpaired) electrons. The van der Waals surface area contributed by atoms with Gasteiger partial charge < -0.3 is 5.32 Å². The number of carbonyl (C=O) groups excluding carboxylic acids is 1. The van der Waals surface area contributed by atoms with Crippen molar-refractivity contribution in [3.63, 3.8) is 0 Å². The summed E-state index contributed by atoms with van der Waals surface area (Å²) in [6.07, 6.45) is 5.35. The van der Waals surface area contributed by atoms with Crippen molar-refractivity contribution in [3.8, 4) is 0 Å². The fourth-order valence-electron chi connectivity index (χ4n) is 2.06. The molecule has 2 rings (SSSR count). The van der Waals surface area contributed by atoms with Crippen LogP contribution in [0.4, 0.5) is 0 Å². The van der Waals surface area contributed by atoms with Crippen molar-refractivity contribution in [2.24, 2.45) is 0 Å².